The van der Waals surface area contributed by atoms with Crippen LogP contribution in [-0.2, 0) is 16.6 Å². The predicted octanol–water partition coefficient (Wildman–Crippen LogP) is 9.12. The van der Waals surface area contributed by atoms with E-state index in [0.29, 0.717) is 33.4 Å². The Bertz CT molecular complexity index is 2080. The number of ether oxygens (including phenoxy) is 1. The molecular weight excluding hydrogens is 653 g/mol. The summed E-state index contributed by atoms with van der Waals surface area (Å²) >= 11 is 6.14. The molecule has 0 aliphatic heterocycles. The van der Waals surface area contributed by atoms with E-state index >= 15 is 4.39 Å². The topological polar surface area (TPSA) is 102 Å². The normalized spacial score (nSPS) is 13.9. The number of rotatable bonds is 11. The van der Waals surface area contributed by atoms with E-state index in [4.69, 9.17) is 21.3 Å². The number of fused-ring (bicyclic) bond motifs is 1. The summed E-state index contributed by atoms with van der Waals surface area (Å²) in [5.74, 6) is -0.843. The highest BCUT2D eigenvalue weighted by molar-refractivity contribution is 7.92. The van der Waals surface area contributed by atoms with E-state index in [9.17, 15) is 18.3 Å². The minimum atomic E-state index is -3.51. The van der Waals surface area contributed by atoms with Crippen LogP contribution in [0.2, 0.25) is 5.02 Å². The number of carbonyl (C=O) groups is 1. The molecule has 8 nitrogen and oxygen atoms in total. The largest absolute Gasteiger partial charge is 0.489 e. The Morgan fingerprint density at radius 2 is 1.71 bits per heavy atom. The van der Waals surface area contributed by atoms with E-state index in [1.54, 1.807) is 62.4 Å². The Hall–Kier alpha value is -4.41. The molecule has 4 aromatic carbocycles. The number of aromatic carboxylic acids is 1. The maximum atomic E-state index is 16.0. The maximum Gasteiger partial charge on any atom is 0.335 e. The summed E-state index contributed by atoms with van der Waals surface area (Å²) in [6.45, 7) is 3.72. The quantitative estimate of drug-likeness (QED) is 0.148. The zero-order chi connectivity index (χ0) is 34.0. The summed E-state index contributed by atoms with van der Waals surface area (Å²) in [6, 6.07) is 22.4. The van der Waals surface area contributed by atoms with E-state index in [-0.39, 0.29) is 30.5 Å². The summed E-state index contributed by atoms with van der Waals surface area (Å²) in [5, 5.41) is 10.1. The molecule has 0 amide bonds. The van der Waals surface area contributed by atoms with E-state index in [2.05, 4.69) is 4.57 Å². The van der Waals surface area contributed by atoms with E-state index < -0.39 is 21.8 Å². The molecule has 6 rings (SSSR count). The van der Waals surface area contributed by atoms with Gasteiger partial charge in [-0.2, -0.15) is 0 Å². The number of imidazole rings is 1. The zero-order valence-corrected chi connectivity index (χ0v) is 28.4. The molecule has 1 N–H and O–H groups in total. The molecule has 0 bridgehead atoms. The van der Waals surface area contributed by atoms with Crippen LogP contribution in [0.4, 0.5) is 10.1 Å². The highest BCUT2D eigenvalue weighted by atomic mass is 35.5. The number of aromatic nitrogens is 2. The van der Waals surface area contributed by atoms with Crippen molar-refractivity contribution in [2.45, 2.75) is 58.6 Å². The van der Waals surface area contributed by atoms with Gasteiger partial charge in [-0.05, 0) is 98.0 Å². The Morgan fingerprint density at radius 1 is 0.979 bits per heavy atom. The van der Waals surface area contributed by atoms with Crippen molar-refractivity contribution >= 4 is 44.3 Å². The average Bonchev–Trinajstić information content (AvgIpc) is 3.47. The predicted molar refractivity (Wildman–Crippen MR) is 188 cm³/mol. The second-order valence-electron chi connectivity index (χ2n) is 11.9. The first-order valence-corrected chi connectivity index (χ1v) is 18.2. The van der Waals surface area contributed by atoms with Crippen molar-refractivity contribution in [1.29, 1.82) is 0 Å². The van der Waals surface area contributed by atoms with E-state index in [0.717, 1.165) is 54.3 Å². The Morgan fingerprint density at radius 3 is 2.38 bits per heavy atom. The summed E-state index contributed by atoms with van der Waals surface area (Å²) in [7, 11) is -3.51. The standard InChI is InChI=1S/C37H37ClFN3O5S/c1-3-41(48(45,46)4-2)29-15-17-31(24-10-13-27(38)14-11-24)26(20-29)23-47-30-16-18-32(33(39)22-30)36-40-34-21-25(37(43)44)12-19-35(34)42(36)28-8-6-5-7-9-28/h10-22,28H,3-9,23H2,1-2H3,(H,43,44). The second-order valence-corrected chi connectivity index (χ2v) is 14.6. The van der Waals surface area contributed by atoms with Crippen LogP contribution in [0.5, 0.6) is 5.75 Å². The van der Waals surface area contributed by atoms with Gasteiger partial charge in [-0.25, -0.2) is 22.6 Å². The van der Waals surface area contributed by atoms with Gasteiger partial charge in [-0.3, -0.25) is 4.31 Å². The molecule has 0 spiro atoms. The highest BCUT2D eigenvalue weighted by Crippen LogP contribution is 2.38. The summed E-state index contributed by atoms with van der Waals surface area (Å²) < 4.78 is 51.3. The van der Waals surface area contributed by atoms with Crippen LogP contribution in [-0.4, -0.2) is 41.3 Å². The maximum absolute atomic E-state index is 16.0. The minimum absolute atomic E-state index is 0.0352. The lowest BCUT2D eigenvalue weighted by Gasteiger charge is -2.26. The molecule has 0 unspecified atom stereocenters. The van der Waals surface area contributed by atoms with Crippen molar-refractivity contribution in [2.75, 3.05) is 16.6 Å². The molecule has 0 radical (unpaired) electrons. The van der Waals surface area contributed by atoms with Crippen LogP contribution in [0.3, 0.4) is 0 Å². The van der Waals surface area contributed by atoms with Crippen LogP contribution >= 0.6 is 11.6 Å². The van der Waals surface area contributed by atoms with Crippen molar-refractivity contribution in [1.82, 2.24) is 9.55 Å². The van der Waals surface area contributed by atoms with Gasteiger partial charge in [0.15, 0.2) is 0 Å². The Kier molecular flexibility index (Phi) is 9.75. The molecule has 1 aliphatic carbocycles. The van der Waals surface area contributed by atoms with Gasteiger partial charge >= 0.3 is 5.97 Å². The first-order chi connectivity index (χ1) is 23.1. The highest BCUT2D eigenvalue weighted by Gasteiger charge is 2.25. The van der Waals surface area contributed by atoms with Gasteiger partial charge in [0.05, 0.1) is 33.6 Å². The molecule has 11 heteroatoms. The third-order valence-electron chi connectivity index (χ3n) is 8.97. The molecule has 48 heavy (non-hydrogen) atoms. The number of carboxylic acids is 1. The third kappa shape index (κ3) is 6.77. The first kappa shape index (κ1) is 33.5. The second kappa shape index (κ2) is 14.0. The van der Waals surface area contributed by atoms with Gasteiger partial charge < -0.3 is 14.4 Å². The fourth-order valence-electron chi connectivity index (χ4n) is 6.52. The van der Waals surface area contributed by atoms with Crippen molar-refractivity contribution < 1.29 is 27.4 Å². The lowest BCUT2D eigenvalue weighted by molar-refractivity contribution is 0.0697. The SMILES string of the molecule is CCN(c1ccc(-c2ccc(Cl)cc2)c(COc2ccc(-c3nc4cc(C(=O)O)ccc4n3C3CCCCC3)c(F)c2)c1)S(=O)(=O)CC. The minimum Gasteiger partial charge on any atom is -0.489 e. The Balaban J connectivity index is 1.35. The zero-order valence-electron chi connectivity index (χ0n) is 26.8. The molecule has 1 aliphatic rings. The van der Waals surface area contributed by atoms with E-state index in [1.165, 1.54) is 16.4 Å². The van der Waals surface area contributed by atoms with Gasteiger partial charge in [0.25, 0.3) is 0 Å². The number of nitrogens with zero attached hydrogens (tertiary/aromatic N) is 3. The molecule has 1 fully saturated rings. The average molecular weight is 690 g/mol. The number of carboxylic acid groups (broad SMARTS) is 1. The monoisotopic (exact) mass is 689 g/mol. The third-order valence-corrected chi connectivity index (χ3v) is 11.1. The van der Waals surface area contributed by atoms with Crippen LogP contribution < -0.4 is 9.04 Å². The molecule has 1 heterocycles. The molecule has 1 aromatic heterocycles. The van der Waals surface area contributed by atoms with Gasteiger partial charge in [-0.15, -0.1) is 0 Å². The summed E-state index contributed by atoms with van der Waals surface area (Å²) in [6.07, 6.45) is 5.14. The molecule has 1 saturated carbocycles. The lowest BCUT2D eigenvalue weighted by Crippen LogP contribution is -2.32. The fraction of sp³-hybridized carbons (Fsp3) is 0.297. The molecule has 0 atom stereocenters. The van der Waals surface area contributed by atoms with Crippen molar-refractivity contribution in [3.63, 3.8) is 0 Å². The van der Waals surface area contributed by atoms with Gasteiger partial charge in [0, 0.05) is 23.7 Å². The van der Waals surface area contributed by atoms with Crippen molar-refractivity contribution in [3.05, 3.63) is 101 Å². The summed E-state index contributed by atoms with van der Waals surface area (Å²) in [4.78, 5) is 16.4. The fourth-order valence-corrected chi connectivity index (χ4v) is 7.79. The van der Waals surface area contributed by atoms with Gasteiger partial charge in [-0.1, -0.05) is 49.1 Å². The number of anilines is 1. The number of hydrogen-bond acceptors (Lipinski definition) is 5. The van der Waals surface area contributed by atoms with Crippen molar-refractivity contribution in [3.8, 4) is 28.3 Å². The Labute approximate surface area is 284 Å². The number of benzene rings is 4. The molecule has 0 saturated heterocycles. The first-order valence-electron chi connectivity index (χ1n) is 16.2. The van der Waals surface area contributed by atoms with E-state index in [1.807, 2.05) is 18.2 Å². The van der Waals surface area contributed by atoms with Crippen LogP contribution in [0, 0.1) is 5.82 Å². The van der Waals surface area contributed by atoms with Crippen LogP contribution in [0.15, 0.2) is 78.9 Å². The summed E-state index contributed by atoms with van der Waals surface area (Å²) in [5.41, 5.74) is 4.66. The molecule has 5 aromatic rings. The van der Waals surface area contributed by atoms with Crippen molar-refractivity contribution in [2.24, 2.45) is 0 Å². The number of sulfonamides is 1. The number of hydrogen-bond donors (Lipinski definition) is 1. The number of halogens is 2. The van der Waals surface area contributed by atoms with Gasteiger partial charge in [0.1, 0.15) is 24.0 Å². The van der Waals surface area contributed by atoms with Gasteiger partial charge in [0.2, 0.25) is 10.0 Å². The molecular formula is C37H37ClFN3O5S. The smallest absolute Gasteiger partial charge is 0.335 e. The molecule has 250 valence electrons. The van der Waals surface area contributed by atoms with Crippen LogP contribution in [0.25, 0.3) is 33.5 Å². The van der Waals surface area contributed by atoms with Crippen LogP contribution in [0.1, 0.15) is 67.9 Å². The lowest BCUT2D eigenvalue weighted by atomic mass is 9.94.